The number of benzene rings is 1. The monoisotopic (exact) mass is 428 g/mol. The summed E-state index contributed by atoms with van der Waals surface area (Å²) >= 11 is 1.46. The van der Waals surface area contributed by atoms with Crippen molar-refractivity contribution in [2.24, 2.45) is 5.92 Å². The van der Waals surface area contributed by atoms with E-state index in [1.54, 1.807) is 24.3 Å². The Kier molecular flexibility index (Phi) is 7.20. The Labute approximate surface area is 180 Å². The van der Waals surface area contributed by atoms with Crippen molar-refractivity contribution in [2.75, 3.05) is 5.32 Å². The van der Waals surface area contributed by atoms with Crippen molar-refractivity contribution in [3.05, 3.63) is 51.4 Å². The predicted molar refractivity (Wildman–Crippen MR) is 119 cm³/mol. The summed E-state index contributed by atoms with van der Waals surface area (Å²) in [5.41, 5.74) is 1.09. The molecule has 0 aliphatic rings. The van der Waals surface area contributed by atoms with E-state index in [9.17, 15) is 9.59 Å². The average Bonchev–Trinajstić information content (AvgIpc) is 3.12. The number of rotatable bonds is 9. The molecule has 0 radical (unpaired) electrons. The molecular weight excluding hydrogens is 400 g/mol. The van der Waals surface area contributed by atoms with Crippen molar-refractivity contribution >= 4 is 27.9 Å². The number of nitrogens with one attached hydrogen (secondary N) is 1. The predicted octanol–water partition coefficient (Wildman–Crippen LogP) is 4.62. The summed E-state index contributed by atoms with van der Waals surface area (Å²) in [6, 6.07) is 8.63. The molecule has 0 saturated carbocycles. The molecule has 0 aliphatic heterocycles. The first-order chi connectivity index (χ1) is 14.4. The van der Waals surface area contributed by atoms with Gasteiger partial charge in [0.1, 0.15) is 17.4 Å². The maximum atomic E-state index is 12.4. The number of carbonyl (C=O) groups excluding carboxylic acids is 1. The number of hydrogen-bond acceptors (Lipinski definition) is 6. The highest BCUT2D eigenvalue weighted by Gasteiger charge is 2.15. The molecule has 0 spiro atoms. The third-order valence-electron chi connectivity index (χ3n) is 4.77. The van der Waals surface area contributed by atoms with E-state index < -0.39 is 0 Å². The third-order valence-corrected chi connectivity index (χ3v) is 5.84. The SMILES string of the molecule is CCC(CC)c1nn2c(=O)cc(COc3ccc(NC(=O)CC(C)C)cc3)nc2s1. The van der Waals surface area contributed by atoms with Crippen LogP contribution in [-0.4, -0.2) is 20.5 Å². The molecule has 0 saturated heterocycles. The third kappa shape index (κ3) is 5.44. The molecule has 3 rings (SSSR count). The van der Waals surface area contributed by atoms with Crippen LogP contribution in [-0.2, 0) is 11.4 Å². The summed E-state index contributed by atoms with van der Waals surface area (Å²) in [7, 11) is 0. The van der Waals surface area contributed by atoms with E-state index in [1.807, 2.05) is 13.8 Å². The van der Waals surface area contributed by atoms with E-state index in [2.05, 4.69) is 29.2 Å². The van der Waals surface area contributed by atoms with Crippen LogP contribution in [0.3, 0.4) is 0 Å². The van der Waals surface area contributed by atoms with Gasteiger partial charge in [-0.15, -0.1) is 0 Å². The minimum Gasteiger partial charge on any atom is -0.487 e. The topological polar surface area (TPSA) is 85.6 Å². The number of amides is 1. The highest BCUT2D eigenvalue weighted by atomic mass is 32.1. The zero-order valence-electron chi connectivity index (χ0n) is 17.8. The van der Waals surface area contributed by atoms with Crippen LogP contribution in [0.25, 0.3) is 4.96 Å². The molecule has 30 heavy (non-hydrogen) atoms. The minimum atomic E-state index is -0.199. The summed E-state index contributed by atoms with van der Waals surface area (Å²) in [6.45, 7) is 8.44. The molecule has 1 amide bonds. The van der Waals surface area contributed by atoms with Crippen molar-refractivity contribution in [1.29, 1.82) is 0 Å². The van der Waals surface area contributed by atoms with Gasteiger partial charge in [0, 0.05) is 24.1 Å². The zero-order valence-corrected chi connectivity index (χ0v) is 18.7. The normalized spacial score (nSPS) is 11.4. The molecule has 1 N–H and O–H groups in total. The van der Waals surface area contributed by atoms with E-state index in [4.69, 9.17) is 4.74 Å². The Morgan fingerprint density at radius 1 is 1.20 bits per heavy atom. The fraction of sp³-hybridized carbons (Fsp3) is 0.455. The first kappa shape index (κ1) is 22.0. The van der Waals surface area contributed by atoms with Gasteiger partial charge in [-0.05, 0) is 43.0 Å². The fourth-order valence-corrected chi connectivity index (χ4v) is 4.31. The van der Waals surface area contributed by atoms with E-state index in [0.29, 0.717) is 34.7 Å². The van der Waals surface area contributed by atoms with Gasteiger partial charge in [0.05, 0.1) is 5.69 Å². The van der Waals surface area contributed by atoms with Crippen LogP contribution in [0.4, 0.5) is 5.69 Å². The Bertz CT molecular complexity index is 1050. The molecule has 0 aliphatic carbocycles. The van der Waals surface area contributed by atoms with Gasteiger partial charge < -0.3 is 10.1 Å². The van der Waals surface area contributed by atoms with Crippen molar-refractivity contribution in [3.63, 3.8) is 0 Å². The second-order valence-corrected chi connectivity index (χ2v) is 8.68. The number of aromatic nitrogens is 3. The fourth-order valence-electron chi connectivity index (χ4n) is 3.12. The summed E-state index contributed by atoms with van der Waals surface area (Å²) in [6.07, 6.45) is 2.45. The van der Waals surface area contributed by atoms with Crippen LogP contribution < -0.4 is 15.6 Å². The second-order valence-electron chi connectivity index (χ2n) is 7.69. The van der Waals surface area contributed by atoms with Gasteiger partial charge in [-0.1, -0.05) is 39.0 Å². The molecule has 0 fully saturated rings. The van der Waals surface area contributed by atoms with Gasteiger partial charge in [-0.2, -0.15) is 9.61 Å². The largest absolute Gasteiger partial charge is 0.487 e. The van der Waals surface area contributed by atoms with Crippen LogP contribution in [0.5, 0.6) is 5.75 Å². The van der Waals surface area contributed by atoms with Crippen molar-refractivity contribution in [1.82, 2.24) is 14.6 Å². The summed E-state index contributed by atoms with van der Waals surface area (Å²) in [5.74, 6) is 1.29. The molecule has 1 aromatic carbocycles. The number of carbonyl (C=O) groups is 1. The Balaban J connectivity index is 1.66. The molecule has 160 valence electrons. The first-order valence-electron chi connectivity index (χ1n) is 10.3. The maximum absolute atomic E-state index is 12.4. The van der Waals surface area contributed by atoms with Gasteiger partial charge in [-0.25, -0.2) is 4.98 Å². The van der Waals surface area contributed by atoms with Gasteiger partial charge in [0.25, 0.3) is 5.56 Å². The number of ether oxygens (including phenoxy) is 1. The van der Waals surface area contributed by atoms with E-state index in [1.165, 1.54) is 21.9 Å². The quantitative estimate of drug-likeness (QED) is 0.537. The van der Waals surface area contributed by atoms with Gasteiger partial charge in [-0.3, -0.25) is 9.59 Å². The lowest BCUT2D eigenvalue weighted by Gasteiger charge is -2.09. The zero-order chi connectivity index (χ0) is 21.7. The molecule has 0 bridgehead atoms. The van der Waals surface area contributed by atoms with Gasteiger partial charge in [0.15, 0.2) is 0 Å². The number of anilines is 1. The molecule has 7 nitrogen and oxygen atoms in total. The second kappa shape index (κ2) is 9.84. The lowest BCUT2D eigenvalue weighted by atomic mass is 10.1. The molecule has 0 atom stereocenters. The number of fused-ring (bicyclic) bond motifs is 1. The summed E-state index contributed by atoms with van der Waals surface area (Å²) < 4.78 is 7.15. The van der Waals surface area contributed by atoms with Crippen molar-refractivity contribution in [2.45, 2.75) is 59.5 Å². The lowest BCUT2D eigenvalue weighted by Crippen LogP contribution is -2.16. The van der Waals surface area contributed by atoms with Crippen molar-refractivity contribution < 1.29 is 9.53 Å². The highest BCUT2D eigenvalue weighted by Crippen LogP contribution is 2.26. The molecule has 2 heterocycles. The van der Waals surface area contributed by atoms with E-state index in [0.717, 1.165) is 23.5 Å². The molecule has 2 aromatic heterocycles. The first-order valence-corrected chi connectivity index (χ1v) is 11.1. The summed E-state index contributed by atoms with van der Waals surface area (Å²) in [5, 5.41) is 8.26. The Morgan fingerprint density at radius 3 is 2.53 bits per heavy atom. The Hall–Kier alpha value is -2.74. The van der Waals surface area contributed by atoms with Gasteiger partial charge in [0.2, 0.25) is 10.9 Å². The van der Waals surface area contributed by atoms with Crippen LogP contribution in [0, 0.1) is 5.92 Å². The summed E-state index contributed by atoms with van der Waals surface area (Å²) in [4.78, 5) is 29.4. The maximum Gasteiger partial charge on any atom is 0.275 e. The number of nitrogens with zero attached hydrogens (tertiary/aromatic N) is 3. The van der Waals surface area contributed by atoms with Crippen LogP contribution in [0.1, 0.15) is 63.6 Å². The molecule has 3 aromatic rings. The highest BCUT2D eigenvalue weighted by molar-refractivity contribution is 7.16. The number of hydrogen-bond donors (Lipinski definition) is 1. The molecule has 0 unspecified atom stereocenters. The standard InChI is InChI=1S/C22H28N4O3S/c1-5-15(6-2)21-25-26-20(28)12-17(24-22(26)30-21)13-29-18-9-7-16(8-10-18)23-19(27)11-14(3)4/h7-10,12,14-15H,5-6,11,13H2,1-4H3,(H,23,27). The van der Waals surface area contributed by atoms with Crippen LogP contribution in [0.15, 0.2) is 35.1 Å². The van der Waals surface area contributed by atoms with Gasteiger partial charge >= 0.3 is 0 Å². The van der Waals surface area contributed by atoms with Crippen LogP contribution in [0.2, 0.25) is 0 Å². The average molecular weight is 429 g/mol. The van der Waals surface area contributed by atoms with Crippen molar-refractivity contribution in [3.8, 4) is 5.75 Å². The minimum absolute atomic E-state index is 0.00559. The Morgan fingerprint density at radius 2 is 1.90 bits per heavy atom. The van der Waals surface area contributed by atoms with E-state index >= 15 is 0 Å². The van der Waals surface area contributed by atoms with Crippen LogP contribution >= 0.6 is 11.3 Å². The molecule has 8 heteroatoms. The van der Waals surface area contributed by atoms with E-state index in [-0.39, 0.29) is 18.1 Å². The lowest BCUT2D eigenvalue weighted by molar-refractivity contribution is -0.116. The molecular formula is C22H28N4O3S. The smallest absolute Gasteiger partial charge is 0.275 e.